The highest BCUT2D eigenvalue weighted by molar-refractivity contribution is 9.10. The van der Waals surface area contributed by atoms with Crippen molar-refractivity contribution in [3.63, 3.8) is 0 Å². The van der Waals surface area contributed by atoms with Gasteiger partial charge in [-0.1, -0.05) is 23.7 Å². The van der Waals surface area contributed by atoms with E-state index in [0.717, 1.165) is 0 Å². The van der Waals surface area contributed by atoms with Crippen LogP contribution in [0.4, 0.5) is 10.1 Å². The molecule has 4 nitrogen and oxygen atoms in total. The van der Waals surface area contributed by atoms with E-state index in [9.17, 15) is 14.0 Å². The second kappa shape index (κ2) is 6.24. The molecule has 2 aromatic rings. The molecule has 0 aromatic heterocycles. The lowest BCUT2D eigenvalue weighted by Gasteiger charge is -2.10. The highest BCUT2D eigenvalue weighted by Crippen LogP contribution is 2.26. The summed E-state index contributed by atoms with van der Waals surface area (Å²) in [6.07, 6.45) is 0. The zero-order valence-corrected chi connectivity index (χ0v) is 12.7. The number of aromatic carboxylic acids is 1. The number of nitrogens with one attached hydrogen (secondary N) is 1. The fourth-order valence-electron chi connectivity index (χ4n) is 1.71. The van der Waals surface area contributed by atoms with E-state index in [-0.39, 0.29) is 26.3 Å². The third-order valence-corrected chi connectivity index (χ3v) is 3.60. The van der Waals surface area contributed by atoms with Crippen molar-refractivity contribution >= 4 is 45.1 Å². The molecule has 108 valence electrons. The summed E-state index contributed by atoms with van der Waals surface area (Å²) in [4.78, 5) is 23.2. The van der Waals surface area contributed by atoms with Crippen LogP contribution in [0, 0.1) is 5.82 Å². The SMILES string of the molecule is O=C(Nc1cccc(Cl)c1C(=O)O)c1cccc(Br)c1F. The van der Waals surface area contributed by atoms with Crippen molar-refractivity contribution < 1.29 is 19.1 Å². The summed E-state index contributed by atoms with van der Waals surface area (Å²) in [5.74, 6) is -2.78. The van der Waals surface area contributed by atoms with Crippen LogP contribution in [0.15, 0.2) is 40.9 Å². The lowest BCUT2D eigenvalue weighted by Crippen LogP contribution is -2.16. The van der Waals surface area contributed by atoms with Crippen molar-refractivity contribution in [2.75, 3.05) is 5.32 Å². The van der Waals surface area contributed by atoms with E-state index < -0.39 is 17.7 Å². The van der Waals surface area contributed by atoms with E-state index in [2.05, 4.69) is 21.2 Å². The van der Waals surface area contributed by atoms with Crippen molar-refractivity contribution in [3.8, 4) is 0 Å². The molecule has 0 saturated heterocycles. The van der Waals surface area contributed by atoms with Gasteiger partial charge < -0.3 is 10.4 Å². The summed E-state index contributed by atoms with van der Waals surface area (Å²) < 4.78 is 14.0. The van der Waals surface area contributed by atoms with Crippen LogP contribution in [-0.4, -0.2) is 17.0 Å². The Kier molecular flexibility index (Phi) is 4.59. The maximum absolute atomic E-state index is 13.8. The van der Waals surface area contributed by atoms with Crippen LogP contribution in [0.2, 0.25) is 5.02 Å². The molecule has 0 bridgehead atoms. The Morgan fingerprint density at radius 1 is 1.19 bits per heavy atom. The Balaban J connectivity index is 2.39. The quantitative estimate of drug-likeness (QED) is 0.849. The second-order valence-corrected chi connectivity index (χ2v) is 5.28. The van der Waals surface area contributed by atoms with E-state index >= 15 is 0 Å². The first kappa shape index (κ1) is 15.5. The summed E-state index contributed by atoms with van der Waals surface area (Å²) in [6, 6.07) is 8.50. The Morgan fingerprint density at radius 2 is 1.86 bits per heavy atom. The molecule has 0 saturated carbocycles. The van der Waals surface area contributed by atoms with Crippen LogP contribution in [0.5, 0.6) is 0 Å². The number of carboxylic acids is 1. The van der Waals surface area contributed by atoms with Gasteiger partial charge in [-0.25, -0.2) is 9.18 Å². The molecule has 1 amide bonds. The van der Waals surface area contributed by atoms with Gasteiger partial charge in [0.1, 0.15) is 11.4 Å². The monoisotopic (exact) mass is 371 g/mol. The molecule has 0 aliphatic carbocycles. The molecule has 0 atom stereocenters. The third kappa shape index (κ3) is 3.22. The molecule has 0 aliphatic rings. The van der Waals surface area contributed by atoms with Gasteiger partial charge in [0.25, 0.3) is 5.91 Å². The highest BCUT2D eigenvalue weighted by atomic mass is 79.9. The molecule has 0 spiro atoms. The predicted octanol–water partition coefficient (Wildman–Crippen LogP) is 4.19. The van der Waals surface area contributed by atoms with Crippen LogP contribution < -0.4 is 5.32 Å². The first-order chi connectivity index (χ1) is 9.91. The molecular formula is C14H8BrClFNO3. The summed E-state index contributed by atoms with van der Waals surface area (Å²) in [7, 11) is 0. The van der Waals surface area contributed by atoms with Gasteiger partial charge in [0.15, 0.2) is 0 Å². The van der Waals surface area contributed by atoms with Gasteiger partial charge >= 0.3 is 5.97 Å². The molecular weight excluding hydrogens is 365 g/mol. The van der Waals surface area contributed by atoms with Crippen molar-refractivity contribution in [3.05, 3.63) is 62.8 Å². The number of hydrogen-bond donors (Lipinski definition) is 2. The topological polar surface area (TPSA) is 66.4 Å². The Labute approximate surface area is 132 Å². The lowest BCUT2D eigenvalue weighted by molar-refractivity contribution is 0.0698. The zero-order chi connectivity index (χ0) is 15.6. The smallest absolute Gasteiger partial charge is 0.339 e. The minimum atomic E-state index is -1.29. The number of rotatable bonds is 3. The molecule has 2 rings (SSSR count). The number of hydrogen-bond acceptors (Lipinski definition) is 2. The Morgan fingerprint density at radius 3 is 2.52 bits per heavy atom. The average molecular weight is 373 g/mol. The normalized spacial score (nSPS) is 10.2. The average Bonchev–Trinajstić information content (AvgIpc) is 2.41. The van der Waals surface area contributed by atoms with Crippen LogP contribution in [-0.2, 0) is 0 Å². The Bertz CT molecular complexity index is 736. The molecule has 0 unspecified atom stereocenters. The minimum Gasteiger partial charge on any atom is -0.478 e. The molecule has 2 N–H and O–H groups in total. The standard InChI is InChI=1S/C14H8BrClFNO3/c15-8-4-1-3-7(12(8)17)13(19)18-10-6-2-5-9(16)11(10)14(20)21/h1-6H,(H,18,19)(H,20,21). The Hall–Kier alpha value is -1.92. The number of halogens is 3. The van der Waals surface area contributed by atoms with Gasteiger partial charge in [-0.15, -0.1) is 0 Å². The third-order valence-electron chi connectivity index (χ3n) is 2.67. The molecule has 7 heteroatoms. The summed E-state index contributed by atoms with van der Waals surface area (Å²) in [6.45, 7) is 0. The molecule has 2 aromatic carbocycles. The van der Waals surface area contributed by atoms with Gasteiger partial charge in [-0.3, -0.25) is 4.79 Å². The number of carbonyl (C=O) groups excluding carboxylic acids is 1. The molecule has 21 heavy (non-hydrogen) atoms. The molecule has 0 fully saturated rings. The van der Waals surface area contributed by atoms with Crippen LogP contribution >= 0.6 is 27.5 Å². The summed E-state index contributed by atoms with van der Waals surface area (Å²) in [5, 5.41) is 11.4. The maximum atomic E-state index is 13.8. The summed E-state index contributed by atoms with van der Waals surface area (Å²) >= 11 is 8.78. The van der Waals surface area contributed by atoms with E-state index in [1.807, 2.05) is 0 Å². The maximum Gasteiger partial charge on any atom is 0.339 e. The molecule has 0 aliphatic heterocycles. The highest BCUT2D eigenvalue weighted by Gasteiger charge is 2.19. The van der Waals surface area contributed by atoms with Gasteiger partial charge in [-0.05, 0) is 40.2 Å². The summed E-state index contributed by atoms with van der Waals surface area (Å²) in [5.41, 5.74) is -0.456. The van der Waals surface area contributed by atoms with Gasteiger partial charge in [0.05, 0.1) is 20.7 Å². The minimum absolute atomic E-state index is 0.000578. The fraction of sp³-hybridized carbons (Fsp3) is 0. The van der Waals surface area contributed by atoms with Crippen LogP contribution in [0.25, 0.3) is 0 Å². The van der Waals surface area contributed by atoms with E-state index in [4.69, 9.17) is 16.7 Å². The van der Waals surface area contributed by atoms with Crippen LogP contribution in [0.1, 0.15) is 20.7 Å². The van der Waals surface area contributed by atoms with E-state index in [1.54, 1.807) is 0 Å². The molecule has 0 heterocycles. The second-order valence-electron chi connectivity index (χ2n) is 4.02. The zero-order valence-electron chi connectivity index (χ0n) is 10.4. The van der Waals surface area contributed by atoms with Crippen LogP contribution in [0.3, 0.4) is 0 Å². The largest absolute Gasteiger partial charge is 0.478 e. The van der Waals surface area contributed by atoms with Crippen molar-refractivity contribution in [1.29, 1.82) is 0 Å². The van der Waals surface area contributed by atoms with Gasteiger partial charge in [0.2, 0.25) is 0 Å². The van der Waals surface area contributed by atoms with E-state index in [0.29, 0.717) is 0 Å². The molecule has 0 radical (unpaired) electrons. The number of benzene rings is 2. The van der Waals surface area contributed by atoms with Crippen molar-refractivity contribution in [2.45, 2.75) is 0 Å². The first-order valence-electron chi connectivity index (χ1n) is 5.69. The number of carbonyl (C=O) groups is 2. The van der Waals surface area contributed by atoms with Gasteiger partial charge in [-0.2, -0.15) is 0 Å². The predicted molar refractivity (Wildman–Crippen MR) is 80.5 cm³/mol. The number of carboxylic acid groups (broad SMARTS) is 1. The van der Waals surface area contributed by atoms with Crippen molar-refractivity contribution in [1.82, 2.24) is 0 Å². The van der Waals surface area contributed by atoms with Gasteiger partial charge in [0, 0.05) is 0 Å². The fourth-order valence-corrected chi connectivity index (χ4v) is 2.34. The number of anilines is 1. The first-order valence-corrected chi connectivity index (χ1v) is 6.86. The number of amides is 1. The van der Waals surface area contributed by atoms with E-state index in [1.165, 1.54) is 36.4 Å². The van der Waals surface area contributed by atoms with Crippen molar-refractivity contribution in [2.24, 2.45) is 0 Å². The lowest BCUT2D eigenvalue weighted by atomic mass is 10.1.